The van der Waals surface area contributed by atoms with Crippen LogP contribution >= 0.6 is 0 Å². The molecule has 158 valence electrons. The van der Waals surface area contributed by atoms with Crippen molar-refractivity contribution in [3.05, 3.63) is 34.8 Å². The quantitative estimate of drug-likeness (QED) is 0.546. The number of hydrogen-bond donors (Lipinski definition) is 3. The van der Waals surface area contributed by atoms with Gasteiger partial charge in [0.05, 0.1) is 17.4 Å². The third kappa shape index (κ3) is 3.48. The average Bonchev–Trinajstić information content (AvgIpc) is 3.46. The number of nitrogens with one attached hydrogen (secondary N) is 1. The standard InChI is InChI=1S/C21H28N8O/c1-3-16-13(2)26-29-19(23)17(11-22)20(25-21(16)29)24-9-7-15-8-10-28(27-15)18-6-4-5-14(18)12-30/h8,10,14,18,30H,3-7,9,12,23H2,1-2H3,(H,24,25). The number of aromatic nitrogens is 5. The van der Waals surface area contributed by atoms with E-state index < -0.39 is 0 Å². The third-order valence-electron chi connectivity index (χ3n) is 6.09. The minimum atomic E-state index is 0.210. The van der Waals surface area contributed by atoms with E-state index in [1.807, 2.05) is 23.9 Å². The lowest BCUT2D eigenvalue weighted by atomic mass is 10.1. The fraction of sp³-hybridized carbons (Fsp3) is 0.524. The number of nitrogens with two attached hydrogens (primary N) is 1. The van der Waals surface area contributed by atoms with Crippen LogP contribution in [0.1, 0.15) is 54.7 Å². The Morgan fingerprint density at radius 1 is 1.37 bits per heavy atom. The molecule has 4 rings (SSSR count). The molecular weight excluding hydrogens is 380 g/mol. The van der Waals surface area contributed by atoms with E-state index in [0.717, 1.165) is 42.6 Å². The summed E-state index contributed by atoms with van der Waals surface area (Å²) in [5.41, 5.74) is 10.1. The summed E-state index contributed by atoms with van der Waals surface area (Å²) < 4.78 is 3.55. The molecule has 0 aromatic carbocycles. The van der Waals surface area contributed by atoms with Gasteiger partial charge in [0.1, 0.15) is 23.3 Å². The molecule has 3 heterocycles. The molecular formula is C21H28N8O. The van der Waals surface area contributed by atoms with E-state index in [0.29, 0.717) is 41.7 Å². The van der Waals surface area contributed by atoms with E-state index >= 15 is 0 Å². The lowest BCUT2D eigenvalue weighted by molar-refractivity contribution is 0.190. The Kier molecular flexibility index (Phi) is 5.59. The highest BCUT2D eigenvalue weighted by Crippen LogP contribution is 2.34. The van der Waals surface area contributed by atoms with Crippen LogP contribution in [0.2, 0.25) is 0 Å². The second kappa shape index (κ2) is 8.32. The second-order valence-electron chi connectivity index (χ2n) is 7.89. The van der Waals surface area contributed by atoms with Gasteiger partial charge in [0.25, 0.3) is 0 Å². The van der Waals surface area contributed by atoms with Gasteiger partial charge in [-0.1, -0.05) is 13.3 Å². The Morgan fingerprint density at radius 3 is 2.93 bits per heavy atom. The van der Waals surface area contributed by atoms with Crippen molar-refractivity contribution in [3.8, 4) is 6.07 Å². The number of nitriles is 1. The van der Waals surface area contributed by atoms with Crippen LogP contribution in [0.25, 0.3) is 5.65 Å². The van der Waals surface area contributed by atoms with Gasteiger partial charge in [-0.05, 0) is 32.3 Å². The van der Waals surface area contributed by atoms with Crippen LogP contribution in [-0.2, 0) is 12.8 Å². The largest absolute Gasteiger partial charge is 0.396 e. The summed E-state index contributed by atoms with van der Waals surface area (Å²) in [6.07, 6.45) is 6.73. The van der Waals surface area contributed by atoms with Gasteiger partial charge in [-0.2, -0.15) is 20.0 Å². The minimum absolute atomic E-state index is 0.210. The van der Waals surface area contributed by atoms with Crippen LogP contribution in [0.15, 0.2) is 12.3 Å². The van der Waals surface area contributed by atoms with E-state index in [2.05, 4.69) is 28.4 Å². The summed E-state index contributed by atoms with van der Waals surface area (Å²) in [5.74, 6) is 1.07. The molecule has 9 nitrogen and oxygen atoms in total. The van der Waals surface area contributed by atoms with Crippen molar-refractivity contribution in [2.24, 2.45) is 5.92 Å². The third-order valence-corrected chi connectivity index (χ3v) is 6.09. The zero-order valence-electron chi connectivity index (χ0n) is 17.5. The Bertz CT molecular complexity index is 1090. The van der Waals surface area contributed by atoms with Crippen molar-refractivity contribution in [2.45, 2.75) is 52.0 Å². The van der Waals surface area contributed by atoms with Crippen LogP contribution in [0.4, 0.5) is 11.6 Å². The van der Waals surface area contributed by atoms with Crippen LogP contribution in [0, 0.1) is 24.2 Å². The first-order chi connectivity index (χ1) is 14.6. The second-order valence-corrected chi connectivity index (χ2v) is 7.89. The van der Waals surface area contributed by atoms with Crippen LogP contribution in [-0.4, -0.2) is 42.6 Å². The molecule has 30 heavy (non-hydrogen) atoms. The van der Waals surface area contributed by atoms with Gasteiger partial charge in [-0.25, -0.2) is 4.98 Å². The molecule has 1 saturated carbocycles. The first-order valence-corrected chi connectivity index (χ1v) is 10.5. The van der Waals surface area contributed by atoms with Gasteiger partial charge in [0.2, 0.25) is 0 Å². The van der Waals surface area contributed by atoms with Gasteiger partial charge in [0.15, 0.2) is 5.65 Å². The molecule has 0 bridgehead atoms. The van der Waals surface area contributed by atoms with Gasteiger partial charge >= 0.3 is 0 Å². The molecule has 1 aliphatic carbocycles. The zero-order valence-corrected chi connectivity index (χ0v) is 17.5. The number of hydrogen-bond acceptors (Lipinski definition) is 7. The molecule has 0 amide bonds. The van der Waals surface area contributed by atoms with Crippen molar-refractivity contribution in [3.63, 3.8) is 0 Å². The monoisotopic (exact) mass is 408 g/mol. The molecule has 2 unspecified atom stereocenters. The topological polar surface area (TPSA) is 130 Å². The summed E-state index contributed by atoms with van der Waals surface area (Å²) in [5, 5.41) is 31.6. The fourth-order valence-electron chi connectivity index (χ4n) is 4.45. The zero-order chi connectivity index (χ0) is 21.3. The van der Waals surface area contributed by atoms with Crippen LogP contribution in [0.3, 0.4) is 0 Å². The number of aryl methyl sites for hydroxylation is 2. The molecule has 0 aliphatic heterocycles. The van der Waals surface area contributed by atoms with E-state index in [4.69, 9.17) is 10.8 Å². The summed E-state index contributed by atoms with van der Waals surface area (Å²) in [6, 6.07) is 4.44. The molecule has 9 heteroatoms. The number of aliphatic hydroxyl groups excluding tert-OH is 1. The number of rotatable bonds is 7. The minimum Gasteiger partial charge on any atom is -0.396 e. The normalized spacial score (nSPS) is 18.7. The molecule has 0 saturated heterocycles. The van der Waals surface area contributed by atoms with Gasteiger partial charge in [0, 0.05) is 37.3 Å². The Labute approximate surface area is 175 Å². The van der Waals surface area contributed by atoms with Crippen molar-refractivity contribution in [1.29, 1.82) is 5.26 Å². The number of nitrogens with zero attached hydrogens (tertiary/aromatic N) is 6. The maximum absolute atomic E-state index is 9.59. The highest BCUT2D eigenvalue weighted by molar-refractivity contribution is 5.69. The highest BCUT2D eigenvalue weighted by atomic mass is 16.3. The molecule has 3 aromatic rings. The number of fused-ring (bicyclic) bond motifs is 1. The maximum Gasteiger partial charge on any atom is 0.163 e. The Hall–Kier alpha value is -3.12. The number of aliphatic hydroxyl groups is 1. The first-order valence-electron chi connectivity index (χ1n) is 10.5. The van der Waals surface area contributed by atoms with Crippen molar-refractivity contribution in [2.75, 3.05) is 24.2 Å². The average molecular weight is 409 g/mol. The molecule has 1 fully saturated rings. The van der Waals surface area contributed by atoms with Crippen molar-refractivity contribution in [1.82, 2.24) is 24.4 Å². The molecule has 2 atom stereocenters. The van der Waals surface area contributed by atoms with Crippen LogP contribution < -0.4 is 11.1 Å². The first kappa shape index (κ1) is 20.2. The van der Waals surface area contributed by atoms with Gasteiger partial charge < -0.3 is 16.2 Å². The lowest BCUT2D eigenvalue weighted by Gasteiger charge is -2.17. The summed E-state index contributed by atoms with van der Waals surface area (Å²) in [7, 11) is 0. The molecule has 0 spiro atoms. The van der Waals surface area contributed by atoms with E-state index in [9.17, 15) is 10.4 Å². The van der Waals surface area contributed by atoms with Crippen LogP contribution in [0.5, 0.6) is 0 Å². The number of nitrogen functional groups attached to an aromatic ring is 1. The predicted molar refractivity (Wildman–Crippen MR) is 114 cm³/mol. The maximum atomic E-state index is 9.59. The predicted octanol–water partition coefficient (Wildman–Crippen LogP) is 2.24. The van der Waals surface area contributed by atoms with E-state index in [-0.39, 0.29) is 12.6 Å². The summed E-state index contributed by atoms with van der Waals surface area (Å²) >= 11 is 0. The molecule has 3 aromatic heterocycles. The Balaban J connectivity index is 1.50. The van der Waals surface area contributed by atoms with Crippen molar-refractivity contribution >= 4 is 17.3 Å². The summed E-state index contributed by atoms with van der Waals surface area (Å²) in [6.45, 7) is 4.77. The fourth-order valence-corrected chi connectivity index (χ4v) is 4.45. The smallest absolute Gasteiger partial charge is 0.163 e. The Morgan fingerprint density at radius 2 is 2.20 bits per heavy atom. The van der Waals surface area contributed by atoms with Gasteiger partial charge in [-0.3, -0.25) is 4.68 Å². The summed E-state index contributed by atoms with van der Waals surface area (Å²) in [4.78, 5) is 4.65. The lowest BCUT2D eigenvalue weighted by Crippen LogP contribution is -2.18. The van der Waals surface area contributed by atoms with E-state index in [1.165, 1.54) is 0 Å². The molecule has 4 N–H and O–H groups in total. The number of anilines is 2. The van der Waals surface area contributed by atoms with E-state index in [1.54, 1.807) is 4.52 Å². The molecule has 1 aliphatic rings. The molecule has 0 radical (unpaired) electrons. The SMILES string of the molecule is CCc1c(C)nn2c(N)c(C#N)c(NCCc3ccn(C4CCCC4CO)n3)nc12. The van der Waals surface area contributed by atoms with Gasteiger partial charge in [-0.15, -0.1) is 0 Å². The highest BCUT2D eigenvalue weighted by Gasteiger charge is 2.28. The van der Waals surface area contributed by atoms with Crippen molar-refractivity contribution < 1.29 is 5.11 Å².